The number of nitrogens with two attached hydrogens (primary N) is 1. The van der Waals surface area contributed by atoms with E-state index in [1.165, 1.54) is 18.2 Å². The lowest BCUT2D eigenvalue weighted by Crippen LogP contribution is -2.54. The molecule has 1 fully saturated rings. The van der Waals surface area contributed by atoms with Gasteiger partial charge in [-0.05, 0) is 47.0 Å². The third-order valence-electron chi connectivity index (χ3n) is 3.01. The van der Waals surface area contributed by atoms with Crippen molar-refractivity contribution in [2.75, 3.05) is 18.5 Å². The van der Waals surface area contributed by atoms with Crippen LogP contribution in [0.15, 0.2) is 22.7 Å². The summed E-state index contributed by atoms with van der Waals surface area (Å²) in [7, 11) is 0. The molecule has 1 aliphatic rings. The van der Waals surface area contributed by atoms with Crippen LogP contribution in [0, 0.1) is 5.82 Å². The molecule has 1 aromatic rings. The molecule has 2 rings (SSSR count). The van der Waals surface area contributed by atoms with Gasteiger partial charge >= 0.3 is 0 Å². The summed E-state index contributed by atoms with van der Waals surface area (Å²) in [5.41, 5.74) is 5.48. The van der Waals surface area contributed by atoms with E-state index in [1.807, 2.05) is 0 Å². The minimum atomic E-state index is -0.940. The van der Waals surface area contributed by atoms with E-state index in [2.05, 4.69) is 21.2 Å². The van der Waals surface area contributed by atoms with Crippen molar-refractivity contribution in [1.82, 2.24) is 0 Å². The number of hydrogen-bond acceptors (Lipinski definition) is 3. The van der Waals surface area contributed by atoms with Gasteiger partial charge in [0.25, 0.3) is 0 Å². The molecule has 4 nitrogen and oxygen atoms in total. The summed E-state index contributed by atoms with van der Waals surface area (Å²) < 4.78 is 18.9. The van der Waals surface area contributed by atoms with Gasteiger partial charge < -0.3 is 15.8 Å². The number of amides is 1. The molecule has 1 saturated heterocycles. The zero-order chi connectivity index (χ0) is 13.2. The van der Waals surface area contributed by atoms with Gasteiger partial charge in [0.05, 0.1) is 5.69 Å². The molecule has 0 aliphatic carbocycles. The quantitative estimate of drug-likeness (QED) is 0.877. The van der Waals surface area contributed by atoms with Crippen molar-refractivity contribution in [3.8, 4) is 0 Å². The van der Waals surface area contributed by atoms with Crippen LogP contribution in [0.4, 0.5) is 10.1 Å². The number of carbonyl (C=O) groups is 1. The number of rotatable bonds is 2. The molecule has 1 aliphatic heterocycles. The molecule has 0 aromatic heterocycles. The van der Waals surface area contributed by atoms with Gasteiger partial charge in [0.15, 0.2) is 0 Å². The van der Waals surface area contributed by atoms with Crippen molar-refractivity contribution < 1.29 is 13.9 Å². The van der Waals surface area contributed by atoms with Crippen LogP contribution in [0.3, 0.4) is 0 Å². The number of carbonyl (C=O) groups excluding carboxylic acids is 1. The highest BCUT2D eigenvalue weighted by molar-refractivity contribution is 9.10. The van der Waals surface area contributed by atoms with Gasteiger partial charge in [0.1, 0.15) is 11.4 Å². The molecule has 0 radical (unpaired) electrons. The molecule has 98 valence electrons. The highest BCUT2D eigenvalue weighted by Crippen LogP contribution is 2.26. The van der Waals surface area contributed by atoms with Crippen LogP contribution >= 0.6 is 15.9 Å². The van der Waals surface area contributed by atoms with Gasteiger partial charge in [-0.2, -0.15) is 0 Å². The molecule has 0 atom stereocenters. The van der Waals surface area contributed by atoms with Crippen LogP contribution < -0.4 is 11.1 Å². The summed E-state index contributed by atoms with van der Waals surface area (Å²) in [5, 5.41) is 2.65. The summed E-state index contributed by atoms with van der Waals surface area (Å²) in [6.45, 7) is 0.933. The second-order valence-corrected chi connectivity index (χ2v) is 5.20. The van der Waals surface area contributed by atoms with Crippen LogP contribution in [-0.2, 0) is 9.53 Å². The molecule has 0 unspecified atom stereocenters. The topological polar surface area (TPSA) is 64.4 Å². The Morgan fingerprint density at radius 3 is 2.78 bits per heavy atom. The smallest absolute Gasteiger partial charge is 0.244 e. The molecule has 1 aromatic carbocycles. The van der Waals surface area contributed by atoms with E-state index in [0.717, 1.165) is 0 Å². The molecule has 0 bridgehead atoms. The zero-order valence-electron chi connectivity index (χ0n) is 9.71. The highest BCUT2D eigenvalue weighted by atomic mass is 79.9. The molecule has 1 amide bonds. The Kier molecular flexibility index (Phi) is 3.99. The maximum atomic E-state index is 13.1. The van der Waals surface area contributed by atoms with Crippen LogP contribution in [0.25, 0.3) is 0 Å². The number of ether oxygens (including phenoxy) is 1. The SMILES string of the molecule is NC1(C(=O)Nc2cc(F)ccc2Br)CCOCC1. The van der Waals surface area contributed by atoms with Crippen molar-refractivity contribution in [1.29, 1.82) is 0 Å². The van der Waals surface area contributed by atoms with Crippen molar-refractivity contribution >= 4 is 27.5 Å². The molecular weight excluding hydrogens is 303 g/mol. The van der Waals surface area contributed by atoms with E-state index in [9.17, 15) is 9.18 Å². The van der Waals surface area contributed by atoms with E-state index in [-0.39, 0.29) is 5.91 Å². The summed E-state index contributed by atoms with van der Waals surface area (Å²) in [6, 6.07) is 4.11. The minimum absolute atomic E-state index is 0.308. The van der Waals surface area contributed by atoms with Gasteiger partial charge in [-0.15, -0.1) is 0 Å². The number of hydrogen-bond donors (Lipinski definition) is 2. The van der Waals surface area contributed by atoms with E-state index in [1.54, 1.807) is 0 Å². The first-order valence-corrected chi connectivity index (χ1v) is 6.44. The number of anilines is 1. The average molecular weight is 317 g/mol. The van der Waals surface area contributed by atoms with E-state index in [0.29, 0.717) is 36.2 Å². The van der Waals surface area contributed by atoms with Gasteiger partial charge in [0, 0.05) is 17.7 Å². The predicted octanol–water partition coefficient (Wildman–Crippen LogP) is 2.03. The average Bonchev–Trinajstić information content (AvgIpc) is 2.35. The van der Waals surface area contributed by atoms with E-state index < -0.39 is 11.4 Å². The predicted molar refractivity (Wildman–Crippen MR) is 69.7 cm³/mol. The Bertz CT molecular complexity index is 461. The zero-order valence-corrected chi connectivity index (χ0v) is 11.3. The molecule has 18 heavy (non-hydrogen) atoms. The van der Waals surface area contributed by atoms with E-state index in [4.69, 9.17) is 10.5 Å². The fraction of sp³-hybridized carbons (Fsp3) is 0.417. The monoisotopic (exact) mass is 316 g/mol. The van der Waals surface area contributed by atoms with Crippen LogP contribution in [0.1, 0.15) is 12.8 Å². The van der Waals surface area contributed by atoms with Gasteiger partial charge in [0.2, 0.25) is 5.91 Å². The third kappa shape index (κ3) is 2.88. The Morgan fingerprint density at radius 2 is 2.11 bits per heavy atom. The lowest BCUT2D eigenvalue weighted by atomic mass is 9.90. The van der Waals surface area contributed by atoms with Crippen LogP contribution in [0.2, 0.25) is 0 Å². The lowest BCUT2D eigenvalue weighted by molar-refractivity contribution is -0.124. The Labute approximate surface area is 113 Å². The summed E-state index contributed by atoms with van der Waals surface area (Å²) >= 11 is 3.25. The number of halogens is 2. The summed E-state index contributed by atoms with van der Waals surface area (Å²) in [5.74, 6) is -0.719. The first kappa shape index (κ1) is 13.5. The largest absolute Gasteiger partial charge is 0.381 e. The lowest BCUT2D eigenvalue weighted by Gasteiger charge is -2.31. The Hall–Kier alpha value is -0.980. The second-order valence-electron chi connectivity index (χ2n) is 4.35. The van der Waals surface area contributed by atoms with Crippen LogP contribution in [0.5, 0.6) is 0 Å². The van der Waals surface area contributed by atoms with Gasteiger partial charge in [-0.3, -0.25) is 4.79 Å². The molecule has 3 N–H and O–H groups in total. The van der Waals surface area contributed by atoms with E-state index >= 15 is 0 Å². The fourth-order valence-corrected chi connectivity index (χ4v) is 2.15. The fourth-order valence-electron chi connectivity index (χ4n) is 1.80. The molecule has 1 heterocycles. The second kappa shape index (κ2) is 5.34. The molecular formula is C12H14BrFN2O2. The number of nitrogens with one attached hydrogen (secondary N) is 1. The van der Waals surface area contributed by atoms with Crippen molar-refractivity contribution in [3.63, 3.8) is 0 Å². The standard InChI is InChI=1S/C12H14BrFN2O2/c13-9-2-1-8(14)7-10(9)16-11(17)12(15)3-5-18-6-4-12/h1-2,7H,3-6,15H2,(H,16,17). The van der Waals surface area contributed by atoms with Crippen molar-refractivity contribution in [3.05, 3.63) is 28.5 Å². The van der Waals surface area contributed by atoms with Gasteiger partial charge in [-0.1, -0.05) is 0 Å². The minimum Gasteiger partial charge on any atom is -0.381 e. The maximum absolute atomic E-state index is 13.1. The third-order valence-corrected chi connectivity index (χ3v) is 3.71. The molecule has 0 saturated carbocycles. The van der Waals surface area contributed by atoms with Crippen molar-refractivity contribution in [2.45, 2.75) is 18.4 Å². The Balaban J connectivity index is 2.13. The summed E-state index contributed by atoms with van der Waals surface area (Å²) in [6.07, 6.45) is 0.928. The first-order chi connectivity index (χ1) is 8.51. The number of benzene rings is 1. The first-order valence-electron chi connectivity index (χ1n) is 5.64. The van der Waals surface area contributed by atoms with Crippen molar-refractivity contribution in [2.24, 2.45) is 5.73 Å². The summed E-state index contributed by atoms with van der Waals surface area (Å²) in [4.78, 5) is 12.1. The highest BCUT2D eigenvalue weighted by Gasteiger charge is 2.36. The Morgan fingerprint density at radius 1 is 1.44 bits per heavy atom. The maximum Gasteiger partial charge on any atom is 0.244 e. The normalized spacial score (nSPS) is 18.4. The molecule has 6 heteroatoms. The molecule has 0 spiro atoms. The van der Waals surface area contributed by atoms with Gasteiger partial charge in [-0.25, -0.2) is 4.39 Å². The van der Waals surface area contributed by atoms with Crippen LogP contribution in [-0.4, -0.2) is 24.7 Å².